The Morgan fingerprint density at radius 3 is 2.52 bits per heavy atom. The molecule has 21 heavy (non-hydrogen) atoms. The fourth-order valence-corrected chi connectivity index (χ4v) is 3.44. The van der Waals surface area contributed by atoms with E-state index in [9.17, 15) is 8.42 Å². The normalized spacial score (nSPS) is 17.8. The molecule has 0 bridgehead atoms. The van der Waals surface area contributed by atoms with Crippen molar-refractivity contribution in [2.45, 2.75) is 19.8 Å². The zero-order valence-corrected chi connectivity index (χ0v) is 13.1. The fraction of sp³-hybridized carbons (Fsp3) is 0.571. The van der Waals surface area contributed by atoms with Gasteiger partial charge < -0.3 is 10.5 Å². The van der Waals surface area contributed by atoms with Crippen molar-refractivity contribution in [2.75, 3.05) is 32.0 Å². The van der Waals surface area contributed by atoms with Gasteiger partial charge in [-0.2, -0.15) is 17.4 Å². The number of benzene rings is 1. The monoisotopic (exact) mass is 313 g/mol. The van der Waals surface area contributed by atoms with Crippen LogP contribution in [-0.4, -0.2) is 39.0 Å². The summed E-state index contributed by atoms with van der Waals surface area (Å²) in [5.74, 6) is 1.28. The van der Waals surface area contributed by atoms with Crippen LogP contribution in [0, 0.1) is 5.92 Å². The van der Waals surface area contributed by atoms with Crippen LogP contribution in [0.5, 0.6) is 5.75 Å². The minimum atomic E-state index is -3.38. The van der Waals surface area contributed by atoms with E-state index in [0.29, 0.717) is 30.4 Å². The Hall–Kier alpha value is -1.31. The van der Waals surface area contributed by atoms with Crippen LogP contribution in [0.2, 0.25) is 0 Å². The van der Waals surface area contributed by atoms with Crippen LogP contribution in [0.15, 0.2) is 24.3 Å². The molecule has 1 aliphatic heterocycles. The van der Waals surface area contributed by atoms with Crippen LogP contribution in [0.1, 0.15) is 19.8 Å². The molecule has 0 spiro atoms. The predicted molar refractivity (Wildman–Crippen MR) is 83.2 cm³/mol. The third kappa shape index (κ3) is 4.87. The first kappa shape index (κ1) is 16.1. The number of rotatable bonds is 6. The molecule has 0 aliphatic carbocycles. The number of nitrogen functional groups attached to an aromatic ring is 1. The lowest BCUT2D eigenvalue weighted by molar-refractivity contribution is 0.281. The summed E-state index contributed by atoms with van der Waals surface area (Å²) < 4.78 is 33.7. The topological polar surface area (TPSA) is 84.7 Å². The summed E-state index contributed by atoms with van der Waals surface area (Å²) in [5, 5.41) is 0. The number of hydrogen-bond acceptors (Lipinski definition) is 4. The number of anilines is 1. The van der Waals surface area contributed by atoms with Crippen molar-refractivity contribution >= 4 is 15.9 Å². The molecule has 0 amide bonds. The average Bonchev–Trinajstić information content (AvgIpc) is 2.46. The van der Waals surface area contributed by atoms with Crippen molar-refractivity contribution in [3.05, 3.63) is 24.3 Å². The van der Waals surface area contributed by atoms with Crippen LogP contribution >= 0.6 is 0 Å². The highest BCUT2D eigenvalue weighted by Gasteiger charge is 2.25. The van der Waals surface area contributed by atoms with Crippen LogP contribution in [0.4, 0.5) is 5.69 Å². The molecule has 1 aromatic rings. The molecule has 1 aliphatic rings. The fourth-order valence-electron chi connectivity index (χ4n) is 2.22. The number of nitrogens with zero attached hydrogens (tertiary/aromatic N) is 1. The standard InChI is InChI=1S/C14H23N3O3S/c1-12-6-9-17(10-7-12)21(18,19)16-8-11-20-14-4-2-13(15)3-5-14/h2-5,12,16H,6-11,15H2,1H3. The van der Waals surface area contributed by atoms with Crippen LogP contribution in [-0.2, 0) is 10.2 Å². The van der Waals surface area contributed by atoms with Gasteiger partial charge in [0.1, 0.15) is 12.4 Å². The molecule has 1 aromatic carbocycles. The first-order valence-corrected chi connectivity index (χ1v) is 8.64. The summed E-state index contributed by atoms with van der Waals surface area (Å²) in [6, 6.07) is 7.01. The third-order valence-corrected chi connectivity index (χ3v) is 5.23. The molecule has 0 saturated carbocycles. The van der Waals surface area contributed by atoms with Gasteiger partial charge in [-0.25, -0.2) is 0 Å². The molecule has 0 aromatic heterocycles. The molecular weight excluding hydrogens is 290 g/mol. The van der Waals surface area contributed by atoms with Crippen molar-refractivity contribution in [1.29, 1.82) is 0 Å². The quantitative estimate of drug-likeness (QED) is 0.611. The van der Waals surface area contributed by atoms with Crippen molar-refractivity contribution in [3.63, 3.8) is 0 Å². The van der Waals surface area contributed by atoms with E-state index in [0.717, 1.165) is 12.8 Å². The van der Waals surface area contributed by atoms with Gasteiger partial charge in [0.05, 0.1) is 0 Å². The summed E-state index contributed by atoms with van der Waals surface area (Å²) in [4.78, 5) is 0. The van der Waals surface area contributed by atoms with Crippen molar-refractivity contribution in [1.82, 2.24) is 9.03 Å². The van der Waals surface area contributed by atoms with E-state index in [1.165, 1.54) is 4.31 Å². The Bertz CT molecular complexity index is 537. The average molecular weight is 313 g/mol. The first-order valence-electron chi connectivity index (χ1n) is 7.20. The number of nitrogens with one attached hydrogen (secondary N) is 1. The molecule has 0 unspecified atom stereocenters. The Labute approximate surface area is 126 Å². The lowest BCUT2D eigenvalue weighted by atomic mass is 10.0. The maximum Gasteiger partial charge on any atom is 0.279 e. The van der Waals surface area contributed by atoms with Crippen LogP contribution in [0.25, 0.3) is 0 Å². The van der Waals surface area contributed by atoms with E-state index in [1.807, 2.05) is 0 Å². The Morgan fingerprint density at radius 1 is 1.29 bits per heavy atom. The molecule has 6 nitrogen and oxygen atoms in total. The second-order valence-electron chi connectivity index (χ2n) is 5.40. The van der Waals surface area contributed by atoms with Gasteiger partial charge in [-0.15, -0.1) is 0 Å². The van der Waals surface area contributed by atoms with E-state index >= 15 is 0 Å². The highest BCUT2D eigenvalue weighted by atomic mass is 32.2. The van der Waals surface area contributed by atoms with Gasteiger partial charge in [0.2, 0.25) is 0 Å². The summed E-state index contributed by atoms with van der Waals surface area (Å²) in [7, 11) is -3.38. The third-order valence-electron chi connectivity index (χ3n) is 3.62. The van der Waals surface area contributed by atoms with Gasteiger partial charge >= 0.3 is 0 Å². The molecule has 1 heterocycles. The molecule has 0 radical (unpaired) electrons. The largest absolute Gasteiger partial charge is 0.492 e. The summed E-state index contributed by atoms with van der Waals surface area (Å²) >= 11 is 0. The van der Waals surface area contributed by atoms with Crippen LogP contribution in [0.3, 0.4) is 0 Å². The van der Waals surface area contributed by atoms with Gasteiger partial charge in [-0.05, 0) is 43.0 Å². The Balaban J connectivity index is 1.73. The van der Waals surface area contributed by atoms with E-state index in [2.05, 4.69) is 11.6 Å². The lowest BCUT2D eigenvalue weighted by Gasteiger charge is -2.29. The minimum Gasteiger partial charge on any atom is -0.492 e. The Morgan fingerprint density at radius 2 is 1.90 bits per heavy atom. The number of piperidine rings is 1. The van der Waals surface area contributed by atoms with Crippen LogP contribution < -0.4 is 15.2 Å². The second-order valence-corrected chi connectivity index (χ2v) is 7.15. The molecule has 3 N–H and O–H groups in total. The van der Waals surface area contributed by atoms with Crippen molar-refractivity contribution in [3.8, 4) is 5.75 Å². The summed E-state index contributed by atoms with van der Waals surface area (Å²) in [6.07, 6.45) is 1.84. The molecule has 7 heteroatoms. The SMILES string of the molecule is CC1CCN(S(=O)(=O)NCCOc2ccc(N)cc2)CC1. The molecule has 118 valence electrons. The van der Waals surface area contributed by atoms with E-state index in [-0.39, 0.29) is 13.2 Å². The molecule has 1 saturated heterocycles. The maximum absolute atomic E-state index is 12.1. The van der Waals surface area contributed by atoms with E-state index in [4.69, 9.17) is 10.5 Å². The highest BCUT2D eigenvalue weighted by Crippen LogP contribution is 2.18. The smallest absolute Gasteiger partial charge is 0.279 e. The van der Waals surface area contributed by atoms with E-state index in [1.54, 1.807) is 24.3 Å². The van der Waals surface area contributed by atoms with Gasteiger partial charge in [-0.1, -0.05) is 6.92 Å². The van der Waals surface area contributed by atoms with Gasteiger partial charge in [0, 0.05) is 25.3 Å². The number of nitrogens with two attached hydrogens (primary N) is 1. The van der Waals surface area contributed by atoms with Gasteiger partial charge in [0.25, 0.3) is 10.2 Å². The highest BCUT2D eigenvalue weighted by molar-refractivity contribution is 7.87. The molecular formula is C14H23N3O3S. The number of hydrogen-bond donors (Lipinski definition) is 2. The zero-order valence-electron chi connectivity index (χ0n) is 12.3. The lowest BCUT2D eigenvalue weighted by Crippen LogP contribution is -2.45. The summed E-state index contributed by atoms with van der Waals surface area (Å²) in [5.41, 5.74) is 6.25. The van der Waals surface area contributed by atoms with Crippen molar-refractivity contribution in [2.24, 2.45) is 5.92 Å². The number of ether oxygens (including phenoxy) is 1. The maximum atomic E-state index is 12.1. The molecule has 0 atom stereocenters. The van der Waals surface area contributed by atoms with Crippen molar-refractivity contribution < 1.29 is 13.2 Å². The first-order chi connectivity index (χ1) is 9.97. The van der Waals surface area contributed by atoms with Gasteiger partial charge in [0.15, 0.2) is 0 Å². The Kier molecular flexibility index (Phi) is 5.44. The minimum absolute atomic E-state index is 0.249. The van der Waals surface area contributed by atoms with Gasteiger partial charge in [-0.3, -0.25) is 0 Å². The predicted octanol–water partition coefficient (Wildman–Crippen LogP) is 1.21. The molecule has 1 fully saturated rings. The summed E-state index contributed by atoms with van der Waals surface area (Å²) in [6.45, 7) is 3.87. The second kappa shape index (κ2) is 7.11. The zero-order chi connectivity index (χ0) is 15.3. The van der Waals surface area contributed by atoms with E-state index < -0.39 is 10.2 Å². The molecule has 2 rings (SSSR count).